The summed E-state index contributed by atoms with van der Waals surface area (Å²) >= 11 is 0. The molecule has 5 heteroatoms. The zero-order valence-corrected chi connectivity index (χ0v) is 11.3. The van der Waals surface area contributed by atoms with Crippen LogP contribution in [0.25, 0.3) is 10.9 Å². The van der Waals surface area contributed by atoms with E-state index in [1.807, 2.05) is 30.3 Å². The van der Waals surface area contributed by atoms with Gasteiger partial charge in [0.1, 0.15) is 0 Å². The number of nitrogens with one attached hydrogen (secondary N) is 1. The molecule has 0 saturated carbocycles. The van der Waals surface area contributed by atoms with Crippen LogP contribution in [-0.4, -0.2) is 24.0 Å². The van der Waals surface area contributed by atoms with Crippen LogP contribution in [0.5, 0.6) is 0 Å². The number of methoxy groups -OCH3 is 1. The molecule has 0 radical (unpaired) electrons. The van der Waals surface area contributed by atoms with E-state index < -0.39 is 0 Å². The molecule has 0 aliphatic carbocycles. The third-order valence-electron chi connectivity index (χ3n) is 2.92. The average Bonchev–Trinajstić information content (AvgIpc) is 2.50. The number of hydrogen-bond donors (Lipinski definition) is 1. The summed E-state index contributed by atoms with van der Waals surface area (Å²) in [6.07, 6.45) is 1.97. The second kappa shape index (κ2) is 6.65. The largest absolute Gasteiger partial charge is 0.469 e. The minimum absolute atomic E-state index is 0.0955. The van der Waals surface area contributed by atoms with Crippen molar-refractivity contribution in [3.05, 3.63) is 42.1 Å². The van der Waals surface area contributed by atoms with Crippen LogP contribution in [0.1, 0.15) is 18.4 Å². The number of hydrogen-bond acceptors (Lipinski definition) is 4. The van der Waals surface area contributed by atoms with Crippen molar-refractivity contribution in [1.29, 1.82) is 0 Å². The van der Waals surface area contributed by atoms with Gasteiger partial charge < -0.3 is 10.1 Å². The molecule has 1 N–H and O–H groups in total. The van der Waals surface area contributed by atoms with E-state index in [9.17, 15) is 9.59 Å². The number of benzene rings is 1. The Labute approximate surface area is 117 Å². The molecular weight excluding hydrogens is 256 g/mol. The molecule has 0 aliphatic heterocycles. The van der Waals surface area contributed by atoms with Crippen LogP contribution in [0.15, 0.2) is 36.5 Å². The van der Waals surface area contributed by atoms with Gasteiger partial charge in [0.15, 0.2) is 0 Å². The predicted octanol–water partition coefficient (Wildman–Crippen LogP) is 1.80. The number of fused-ring (bicyclic) bond motifs is 1. The van der Waals surface area contributed by atoms with E-state index in [4.69, 9.17) is 0 Å². The smallest absolute Gasteiger partial charge is 0.306 e. The quantitative estimate of drug-likeness (QED) is 0.843. The number of aromatic nitrogens is 1. The highest BCUT2D eigenvalue weighted by Gasteiger charge is 2.06. The van der Waals surface area contributed by atoms with Crippen molar-refractivity contribution in [3.63, 3.8) is 0 Å². The maximum Gasteiger partial charge on any atom is 0.306 e. The van der Waals surface area contributed by atoms with Crippen LogP contribution in [0.4, 0.5) is 0 Å². The maximum absolute atomic E-state index is 11.6. The van der Waals surface area contributed by atoms with Crippen LogP contribution in [0.3, 0.4) is 0 Å². The number of amides is 1. The molecule has 20 heavy (non-hydrogen) atoms. The van der Waals surface area contributed by atoms with Gasteiger partial charge in [-0.2, -0.15) is 0 Å². The first kappa shape index (κ1) is 14.0. The molecule has 5 nitrogen and oxygen atoms in total. The Morgan fingerprint density at radius 3 is 2.85 bits per heavy atom. The molecular formula is C15H16N2O3. The molecule has 1 aromatic heterocycles. The molecule has 0 bridgehead atoms. The van der Waals surface area contributed by atoms with E-state index in [0.717, 1.165) is 16.5 Å². The van der Waals surface area contributed by atoms with Crippen molar-refractivity contribution in [2.75, 3.05) is 7.11 Å². The normalized spacial score (nSPS) is 10.2. The molecule has 0 aliphatic rings. The minimum atomic E-state index is -0.382. The summed E-state index contributed by atoms with van der Waals surface area (Å²) in [6.45, 7) is 0.401. The van der Waals surface area contributed by atoms with E-state index in [1.165, 1.54) is 7.11 Å². The molecule has 104 valence electrons. The number of carbonyl (C=O) groups is 2. The van der Waals surface area contributed by atoms with Crippen molar-refractivity contribution in [2.24, 2.45) is 0 Å². The lowest BCUT2D eigenvalue weighted by atomic mass is 10.1. The zero-order chi connectivity index (χ0) is 14.4. The Balaban J connectivity index is 1.89. The number of esters is 1. The SMILES string of the molecule is COC(=O)CCC(=O)NCc1cnc2ccccc2c1. The molecule has 0 unspecified atom stereocenters. The molecule has 2 rings (SSSR count). The fourth-order valence-corrected chi connectivity index (χ4v) is 1.82. The molecule has 0 saturated heterocycles. The maximum atomic E-state index is 11.6. The van der Waals surface area contributed by atoms with Crippen LogP contribution in [0, 0.1) is 0 Å². The van der Waals surface area contributed by atoms with E-state index in [2.05, 4.69) is 15.0 Å². The Morgan fingerprint density at radius 1 is 1.25 bits per heavy atom. The van der Waals surface area contributed by atoms with Crippen LogP contribution in [0.2, 0.25) is 0 Å². The number of carbonyl (C=O) groups excluding carboxylic acids is 2. The first-order valence-electron chi connectivity index (χ1n) is 6.36. The molecule has 1 aromatic carbocycles. The first-order chi connectivity index (χ1) is 9.69. The highest BCUT2D eigenvalue weighted by Crippen LogP contribution is 2.12. The molecule has 0 fully saturated rings. The van der Waals surface area contributed by atoms with Crippen molar-refractivity contribution in [1.82, 2.24) is 10.3 Å². The van der Waals surface area contributed by atoms with Crippen LogP contribution >= 0.6 is 0 Å². The van der Waals surface area contributed by atoms with Gasteiger partial charge in [-0.25, -0.2) is 0 Å². The summed E-state index contributed by atoms with van der Waals surface area (Å²) in [4.78, 5) is 26.8. The van der Waals surface area contributed by atoms with E-state index in [-0.39, 0.29) is 24.7 Å². The van der Waals surface area contributed by atoms with Crippen LogP contribution < -0.4 is 5.32 Å². The minimum Gasteiger partial charge on any atom is -0.469 e. The summed E-state index contributed by atoms with van der Waals surface area (Å²) in [5.74, 6) is -0.559. The van der Waals surface area contributed by atoms with Gasteiger partial charge in [0.2, 0.25) is 5.91 Å². The van der Waals surface area contributed by atoms with Gasteiger partial charge >= 0.3 is 5.97 Å². The predicted molar refractivity (Wildman–Crippen MR) is 74.8 cm³/mol. The third-order valence-corrected chi connectivity index (χ3v) is 2.92. The lowest BCUT2D eigenvalue weighted by Crippen LogP contribution is -2.23. The molecule has 0 spiro atoms. The summed E-state index contributed by atoms with van der Waals surface area (Å²) in [6, 6.07) is 9.79. The fourth-order valence-electron chi connectivity index (χ4n) is 1.82. The zero-order valence-electron chi connectivity index (χ0n) is 11.3. The summed E-state index contributed by atoms with van der Waals surface area (Å²) in [7, 11) is 1.31. The van der Waals surface area contributed by atoms with Crippen molar-refractivity contribution < 1.29 is 14.3 Å². The number of pyridine rings is 1. The van der Waals surface area contributed by atoms with Gasteiger partial charge in [0, 0.05) is 24.5 Å². The summed E-state index contributed by atoms with van der Waals surface area (Å²) in [5, 5.41) is 3.79. The first-order valence-corrected chi connectivity index (χ1v) is 6.36. The Kier molecular flexibility index (Phi) is 4.65. The summed E-state index contributed by atoms with van der Waals surface area (Å²) in [5.41, 5.74) is 1.85. The van der Waals surface area contributed by atoms with Gasteiger partial charge in [-0.3, -0.25) is 14.6 Å². The number of ether oxygens (including phenoxy) is 1. The molecule has 2 aromatic rings. The highest BCUT2D eigenvalue weighted by molar-refractivity contribution is 5.81. The van der Waals surface area contributed by atoms with E-state index >= 15 is 0 Å². The monoisotopic (exact) mass is 272 g/mol. The third kappa shape index (κ3) is 3.78. The van der Waals surface area contributed by atoms with Crippen molar-refractivity contribution in [3.8, 4) is 0 Å². The second-order valence-electron chi connectivity index (χ2n) is 4.39. The Morgan fingerprint density at radius 2 is 2.05 bits per heavy atom. The van der Waals surface area contributed by atoms with Gasteiger partial charge in [0.25, 0.3) is 0 Å². The Bertz CT molecular complexity index is 625. The number of para-hydroxylation sites is 1. The lowest BCUT2D eigenvalue weighted by Gasteiger charge is -2.06. The van der Waals surface area contributed by atoms with Gasteiger partial charge in [0.05, 0.1) is 19.0 Å². The lowest BCUT2D eigenvalue weighted by molar-refractivity contribution is -0.142. The van der Waals surface area contributed by atoms with Crippen molar-refractivity contribution >= 4 is 22.8 Å². The van der Waals surface area contributed by atoms with E-state index in [1.54, 1.807) is 6.20 Å². The topological polar surface area (TPSA) is 68.3 Å². The molecule has 1 heterocycles. The van der Waals surface area contributed by atoms with Gasteiger partial charge in [-0.05, 0) is 17.7 Å². The van der Waals surface area contributed by atoms with Crippen LogP contribution in [-0.2, 0) is 20.9 Å². The number of rotatable bonds is 5. The molecule has 1 amide bonds. The molecule has 0 atom stereocenters. The van der Waals surface area contributed by atoms with Gasteiger partial charge in [-0.15, -0.1) is 0 Å². The second-order valence-corrected chi connectivity index (χ2v) is 4.39. The average molecular weight is 272 g/mol. The van der Waals surface area contributed by atoms with E-state index in [0.29, 0.717) is 6.54 Å². The van der Waals surface area contributed by atoms with Gasteiger partial charge in [-0.1, -0.05) is 18.2 Å². The van der Waals surface area contributed by atoms with Crippen molar-refractivity contribution in [2.45, 2.75) is 19.4 Å². The highest BCUT2D eigenvalue weighted by atomic mass is 16.5. The fraction of sp³-hybridized carbons (Fsp3) is 0.267. The summed E-state index contributed by atoms with van der Waals surface area (Å²) < 4.78 is 4.48. The number of nitrogens with zero attached hydrogens (tertiary/aromatic N) is 1. The standard InChI is InChI=1S/C15H16N2O3/c1-20-15(19)7-6-14(18)17-10-11-8-12-4-2-3-5-13(12)16-9-11/h2-5,8-9H,6-7,10H2,1H3,(H,17,18). The Hall–Kier alpha value is -2.43.